The molecule has 2 aromatic rings. The van der Waals surface area contributed by atoms with E-state index in [1.807, 2.05) is 0 Å². The molecule has 0 aliphatic carbocycles. The van der Waals surface area contributed by atoms with Gasteiger partial charge in [0.2, 0.25) is 0 Å². The number of benzene rings is 1. The fourth-order valence-electron chi connectivity index (χ4n) is 1.01. The molecule has 0 unspecified atom stereocenters. The van der Waals surface area contributed by atoms with Crippen LogP contribution >= 0.6 is 22.9 Å². The quantitative estimate of drug-likeness (QED) is 0.694. The zero-order valence-corrected chi connectivity index (χ0v) is 7.42. The Morgan fingerprint density at radius 2 is 2.17 bits per heavy atom. The van der Waals surface area contributed by atoms with Crippen LogP contribution in [0.1, 0.15) is 0 Å². The molecule has 0 bridgehead atoms. The Morgan fingerprint density at radius 1 is 1.42 bits per heavy atom. The van der Waals surface area contributed by atoms with E-state index in [0.29, 0.717) is 5.39 Å². The molecule has 0 saturated carbocycles. The highest BCUT2D eigenvalue weighted by molar-refractivity contribution is 7.17. The first kappa shape index (κ1) is 7.83. The molecule has 12 heavy (non-hydrogen) atoms. The Kier molecular flexibility index (Phi) is 1.70. The molecule has 1 nitrogen and oxygen atoms in total. The third kappa shape index (κ3) is 1.06. The van der Waals surface area contributed by atoms with Crippen LogP contribution in [0.15, 0.2) is 17.5 Å². The zero-order valence-electron chi connectivity index (χ0n) is 5.84. The molecule has 0 atom stereocenters. The molecule has 2 rings (SSSR count). The van der Waals surface area contributed by atoms with E-state index in [1.165, 1.54) is 22.8 Å². The molecule has 1 N–H and O–H groups in total. The van der Waals surface area contributed by atoms with Crippen molar-refractivity contribution >= 4 is 33.0 Å². The topological polar surface area (TPSA) is 20.2 Å². The van der Waals surface area contributed by atoms with E-state index >= 15 is 0 Å². The highest BCUT2D eigenvalue weighted by atomic mass is 35.5. The molecular weight excluding hydrogens is 199 g/mol. The Labute approximate surface area is 77.0 Å². The fraction of sp³-hybridized carbons (Fsp3) is 0. The van der Waals surface area contributed by atoms with Gasteiger partial charge in [-0.2, -0.15) is 0 Å². The largest absolute Gasteiger partial charge is 0.506 e. The summed E-state index contributed by atoms with van der Waals surface area (Å²) in [7, 11) is 0. The molecular formula is C8H4ClFOS. The summed E-state index contributed by atoms with van der Waals surface area (Å²) in [6.07, 6.45) is 0. The molecule has 0 radical (unpaired) electrons. The van der Waals surface area contributed by atoms with Crippen LogP contribution in [-0.4, -0.2) is 5.11 Å². The summed E-state index contributed by atoms with van der Waals surface area (Å²) in [5, 5.41) is 11.2. The molecule has 0 saturated heterocycles. The van der Waals surface area contributed by atoms with E-state index in [-0.39, 0.29) is 16.6 Å². The fourth-order valence-corrected chi connectivity index (χ4v) is 2.06. The van der Waals surface area contributed by atoms with Gasteiger partial charge in [0.05, 0.1) is 5.02 Å². The number of hydrogen-bond acceptors (Lipinski definition) is 2. The summed E-state index contributed by atoms with van der Waals surface area (Å²) in [5.41, 5.74) is 0. The van der Waals surface area contributed by atoms with Crippen molar-refractivity contribution < 1.29 is 9.50 Å². The summed E-state index contributed by atoms with van der Waals surface area (Å²) in [4.78, 5) is 0. The first-order valence-corrected chi connectivity index (χ1v) is 4.49. The van der Waals surface area contributed by atoms with E-state index in [1.54, 1.807) is 6.07 Å². The number of hydrogen-bond donors (Lipinski definition) is 1. The average molecular weight is 203 g/mol. The third-order valence-corrected chi connectivity index (χ3v) is 2.81. The van der Waals surface area contributed by atoms with Gasteiger partial charge in [0, 0.05) is 15.5 Å². The monoisotopic (exact) mass is 202 g/mol. The van der Waals surface area contributed by atoms with E-state index in [4.69, 9.17) is 16.7 Å². The Balaban J connectivity index is 2.87. The van der Waals surface area contributed by atoms with Crippen LogP contribution in [0.2, 0.25) is 5.02 Å². The number of aromatic hydroxyl groups is 1. The van der Waals surface area contributed by atoms with Gasteiger partial charge in [0.25, 0.3) is 0 Å². The molecule has 0 aliphatic heterocycles. The van der Waals surface area contributed by atoms with Crippen molar-refractivity contribution in [2.24, 2.45) is 0 Å². The van der Waals surface area contributed by atoms with Crippen LogP contribution < -0.4 is 0 Å². The maximum Gasteiger partial charge on any atom is 0.141 e. The van der Waals surface area contributed by atoms with Crippen LogP contribution in [-0.2, 0) is 0 Å². The summed E-state index contributed by atoms with van der Waals surface area (Å²) in [6, 6.07) is 2.89. The molecule has 0 amide bonds. The van der Waals surface area contributed by atoms with E-state index in [2.05, 4.69) is 0 Å². The Morgan fingerprint density at radius 3 is 2.92 bits per heavy atom. The minimum Gasteiger partial charge on any atom is -0.506 e. The summed E-state index contributed by atoms with van der Waals surface area (Å²) in [5.74, 6) is -0.400. The van der Waals surface area contributed by atoms with Gasteiger partial charge in [-0.25, -0.2) is 4.39 Å². The second kappa shape index (κ2) is 2.61. The van der Waals surface area contributed by atoms with Gasteiger partial charge in [0.15, 0.2) is 0 Å². The average Bonchev–Trinajstić information content (AvgIpc) is 2.35. The number of rotatable bonds is 0. The van der Waals surface area contributed by atoms with Crippen molar-refractivity contribution in [3.63, 3.8) is 0 Å². The summed E-state index contributed by atoms with van der Waals surface area (Å²) < 4.78 is 13.7. The maximum absolute atomic E-state index is 12.9. The van der Waals surface area contributed by atoms with E-state index in [0.717, 1.165) is 4.70 Å². The number of halogens is 2. The van der Waals surface area contributed by atoms with Gasteiger partial charge in [-0.05, 0) is 12.1 Å². The lowest BCUT2D eigenvalue weighted by molar-refractivity contribution is 0.476. The summed E-state index contributed by atoms with van der Waals surface area (Å²) >= 11 is 6.90. The number of phenolic OH excluding ortho intramolecular Hbond substituents is 1. The molecule has 4 heteroatoms. The van der Waals surface area contributed by atoms with Crippen molar-refractivity contribution in [1.29, 1.82) is 0 Å². The second-order valence-corrected chi connectivity index (χ2v) is 3.70. The normalized spacial score (nSPS) is 10.8. The van der Waals surface area contributed by atoms with Gasteiger partial charge < -0.3 is 5.11 Å². The van der Waals surface area contributed by atoms with Crippen molar-refractivity contribution in [3.8, 4) is 5.75 Å². The lowest BCUT2D eigenvalue weighted by Crippen LogP contribution is -1.70. The van der Waals surface area contributed by atoms with E-state index in [9.17, 15) is 4.39 Å². The van der Waals surface area contributed by atoms with Crippen molar-refractivity contribution in [1.82, 2.24) is 0 Å². The highest BCUT2D eigenvalue weighted by Crippen LogP contribution is 2.33. The lowest BCUT2D eigenvalue weighted by atomic mass is 10.2. The third-order valence-electron chi connectivity index (χ3n) is 1.60. The molecule has 62 valence electrons. The van der Waals surface area contributed by atoms with Crippen LogP contribution in [0.25, 0.3) is 10.1 Å². The molecule has 1 aromatic carbocycles. The van der Waals surface area contributed by atoms with Gasteiger partial charge in [-0.1, -0.05) is 11.6 Å². The Hall–Kier alpha value is -0.800. The van der Waals surface area contributed by atoms with Crippen LogP contribution in [0.5, 0.6) is 5.75 Å². The van der Waals surface area contributed by atoms with Crippen LogP contribution in [0.3, 0.4) is 0 Å². The van der Waals surface area contributed by atoms with Gasteiger partial charge >= 0.3 is 0 Å². The minimum atomic E-state index is -0.318. The molecule has 0 aliphatic rings. The molecule has 0 fully saturated rings. The molecule has 1 aromatic heterocycles. The maximum atomic E-state index is 12.9. The lowest BCUT2D eigenvalue weighted by Gasteiger charge is -1.95. The van der Waals surface area contributed by atoms with Gasteiger partial charge in [-0.15, -0.1) is 11.3 Å². The van der Waals surface area contributed by atoms with Crippen molar-refractivity contribution in [2.45, 2.75) is 0 Å². The first-order valence-electron chi connectivity index (χ1n) is 3.23. The highest BCUT2D eigenvalue weighted by Gasteiger charge is 2.06. The van der Waals surface area contributed by atoms with Crippen LogP contribution in [0, 0.1) is 5.82 Å². The Bertz CT molecular complexity index is 438. The number of fused-ring (bicyclic) bond motifs is 1. The van der Waals surface area contributed by atoms with Crippen LogP contribution in [0.4, 0.5) is 4.39 Å². The smallest absolute Gasteiger partial charge is 0.141 e. The van der Waals surface area contributed by atoms with Crippen molar-refractivity contribution in [3.05, 3.63) is 28.4 Å². The number of thiophene rings is 1. The summed E-state index contributed by atoms with van der Waals surface area (Å²) in [6.45, 7) is 0. The SMILES string of the molecule is Oc1cc2c(F)csc2cc1Cl. The predicted octanol–water partition coefficient (Wildman–Crippen LogP) is 3.40. The zero-order chi connectivity index (χ0) is 8.72. The minimum absolute atomic E-state index is 0.0820. The molecule has 0 spiro atoms. The van der Waals surface area contributed by atoms with Gasteiger partial charge in [0.1, 0.15) is 11.6 Å². The predicted molar refractivity (Wildman–Crippen MR) is 48.5 cm³/mol. The first-order chi connectivity index (χ1) is 5.68. The van der Waals surface area contributed by atoms with Gasteiger partial charge in [-0.3, -0.25) is 0 Å². The number of phenols is 1. The standard InChI is InChI=1S/C8H4ClFOS/c9-5-2-8-4(1-7(5)11)6(10)3-12-8/h1-3,11H. The molecule has 1 heterocycles. The second-order valence-electron chi connectivity index (χ2n) is 2.38. The van der Waals surface area contributed by atoms with Crippen molar-refractivity contribution in [2.75, 3.05) is 0 Å². The van der Waals surface area contributed by atoms with E-state index < -0.39 is 0 Å².